The Balaban J connectivity index is 1.71. The lowest BCUT2D eigenvalue weighted by Crippen LogP contribution is -2.43. The lowest BCUT2D eigenvalue weighted by molar-refractivity contribution is -0.125. The van der Waals surface area contributed by atoms with Crippen LogP contribution < -0.4 is 15.8 Å². The van der Waals surface area contributed by atoms with E-state index in [4.69, 9.17) is 10.5 Å². The lowest BCUT2D eigenvalue weighted by atomic mass is 9.94. The smallest absolute Gasteiger partial charge is 0.224 e. The summed E-state index contributed by atoms with van der Waals surface area (Å²) in [7, 11) is 1.70. The minimum Gasteiger partial charge on any atom is -0.496 e. The van der Waals surface area contributed by atoms with Gasteiger partial charge in [-0.15, -0.1) is 0 Å². The Morgan fingerprint density at radius 1 is 1.07 bits per heavy atom. The number of nitrogens with two attached hydrogens (primary N) is 1. The quantitative estimate of drug-likeness (QED) is 0.716. The van der Waals surface area contributed by atoms with Gasteiger partial charge in [0.1, 0.15) is 5.75 Å². The number of amides is 1. The Bertz CT molecular complexity index is 775. The number of carbonyl (C=O) groups is 1. The summed E-state index contributed by atoms with van der Waals surface area (Å²) in [5.41, 5.74) is 8.46. The first-order valence-corrected chi connectivity index (χ1v) is 10.6. The van der Waals surface area contributed by atoms with Gasteiger partial charge in [-0.1, -0.05) is 61.9 Å². The van der Waals surface area contributed by atoms with Crippen molar-refractivity contribution in [3.8, 4) is 5.75 Å². The molecule has 1 aliphatic rings. The number of ether oxygens (including phenoxy) is 1. The molecule has 1 aliphatic heterocycles. The van der Waals surface area contributed by atoms with E-state index < -0.39 is 0 Å². The molecule has 2 aromatic carbocycles. The van der Waals surface area contributed by atoms with Gasteiger partial charge in [0.2, 0.25) is 5.91 Å². The van der Waals surface area contributed by atoms with E-state index in [2.05, 4.69) is 16.3 Å². The van der Waals surface area contributed by atoms with Crippen molar-refractivity contribution in [3.05, 3.63) is 65.7 Å². The third kappa shape index (κ3) is 5.37. The summed E-state index contributed by atoms with van der Waals surface area (Å²) in [6.07, 6.45) is 3.65. The summed E-state index contributed by atoms with van der Waals surface area (Å²) in [5.74, 6) is 0.543. The maximum absolute atomic E-state index is 12.9. The Hall–Kier alpha value is -2.37. The number of likely N-dealkylation sites (tertiary alicyclic amines) is 1. The first-order chi connectivity index (χ1) is 14.1. The van der Waals surface area contributed by atoms with Gasteiger partial charge in [0, 0.05) is 18.2 Å². The van der Waals surface area contributed by atoms with E-state index in [9.17, 15) is 4.79 Å². The Labute approximate surface area is 174 Å². The second-order valence-corrected chi connectivity index (χ2v) is 7.82. The van der Waals surface area contributed by atoms with Crippen LogP contribution in [0.15, 0.2) is 54.6 Å². The summed E-state index contributed by atoms with van der Waals surface area (Å²) in [4.78, 5) is 15.4. The van der Waals surface area contributed by atoms with Crippen LogP contribution >= 0.6 is 0 Å². The summed E-state index contributed by atoms with van der Waals surface area (Å²) >= 11 is 0. The van der Waals surface area contributed by atoms with Gasteiger partial charge in [-0.3, -0.25) is 9.69 Å². The molecule has 1 fully saturated rings. The van der Waals surface area contributed by atoms with Crippen LogP contribution in [-0.4, -0.2) is 37.6 Å². The van der Waals surface area contributed by atoms with E-state index in [1.807, 2.05) is 55.5 Å². The number of hydrogen-bond acceptors (Lipinski definition) is 4. The molecule has 1 heterocycles. The molecule has 0 saturated carbocycles. The minimum atomic E-state index is -0.323. The zero-order chi connectivity index (χ0) is 20.6. The number of nitrogens with one attached hydrogen (secondary N) is 1. The molecule has 0 aliphatic carbocycles. The van der Waals surface area contributed by atoms with Crippen LogP contribution in [0, 0.1) is 5.92 Å². The van der Waals surface area contributed by atoms with E-state index in [-0.39, 0.29) is 23.9 Å². The van der Waals surface area contributed by atoms with Crippen molar-refractivity contribution in [1.29, 1.82) is 0 Å². The summed E-state index contributed by atoms with van der Waals surface area (Å²) in [6, 6.07) is 17.7. The second-order valence-electron chi connectivity index (χ2n) is 7.82. The maximum atomic E-state index is 12.9. The predicted molar refractivity (Wildman–Crippen MR) is 117 cm³/mol. The molecule has 0 bridgehead atoms. The van der Waals surface area contributed by atoms with Crippen molar-refractivity contribution in [1.82, 2.24) is 10.2 Å². The largest absolute Gasteiger partial charge is 0.496 e. The Morgan fingerprint density at radius 2 is 1.72 bits per heavy atom. The molecule has 2 aromatic rings. The highest BCUT2D eigenvalue weighted by Crippen LogP contribution is 2.31. The molecular weight excluding hydrogens is 362 g/mol. The summed E-state index contributed by atoms with van der Waals surface area (Å²) < 4.78 is 5.61. The Kier molecular flexibility index (Phi) is 7.67. The van der Waals surface area contributed by atoms with Crippen LogP contribution in [0.3, 0.4) is 0 Å². The average molecular weight is 396 g/mol. The van der Waals surface area contributed by atoms with E-state index in [1.165, 1.54) is 19.3 Å². The van der Waals surface area contributed by atoms with Crippen molar-refractivity contribution >= 4 is 5.91 Å². The number of methoxy groups -OCH3 is 1. The average Bonchev–Trinajstić information content (AvgIpc) is 2.79. The molecule has 3 atom stereocenters. The molecule has 3 unspecified atom stereocenters. The highest BCUT2D eigenvalue weighted by atomic mass is 16.5. The fourth-order valence-electron chi connectivity index (χ4n) is 4.09. The zero-order valence-electron chi connectivity index (χ0n) is 17.5. The van der Waals surface area contributed by atoms with E-state index in [0.29, 0.717) is 6.54 Å². The number of nitrogens with zero attached hydrogens (tertiary/aromatic N) is 1. The molecule has 0 aromatic heterocycles. The first-order valence-electron chi connectivity index (χ1n) is 10.6. The second kappa shape index (κ2) is 10.4. The number of piperidine rings is 1. The number of hydrogen-bond donors (Lipinski definition) is 2. The van der Waals surface area contributed by atoms with E-state index in [1.54, 1.807) is 7.11 Å². The fraction of sp³-hybridized carbons (Fsp3) is 0.458. The highest BCUT2D eigenvalue weighted by Gasteiger charge is 2.27. The normalized spacial score (nSPS) is 17.9. The molecule has 5 heteroatoms. The third-order valence-electron chi connectivity index (χ3n) is 5.94. The van der Waals surface area contributed by atoms with Crippen LogP contribution in [0.1, 0.15) is 49.4 Å². The van der Waals surface area contributed by atoms with Crippen LogP contribution in [0.25, 0.3) is 0 Å². The fourth-order valence-corrected chi connectivity index (χ4v) is 4.09. The molecule has 0 radical (unpaired) electrons. The third-order valence-corrected chi connectivity index (χ3v) is 5.94. The molecule has 1 saturated heterocycles. The van der Waals surface area contributed by atoms with Gasteiger partial charge in [-0.25, -0.2) is 0 Å². The van der Waals surface area contributed by atoms with Crippen molar-refractivity contribution in [2.45, 2.75) is 38.3 Å². The van der Waals surface area contributed by atoms with Gasteiger partial charge in [-0.2, -0.15) is 0 Å². The monoisotopic (exact) mass is 395 g/mol. The standard InChI is InChI=1S/C24H33N3O2/c1-18(23(25)19-11-5-3-6-12-19)24(28)26-17-21(27-15-9-4-10-16-27)20-13-7-8-14-22(20)29-2/h3,5-8,11-14,18,21,23H,4,9-10,15-17,25H2,1-2H3,(H,26,28). The van der Waals surface area contributed by atoms with E-state index >= 15 is 0 Å². The van der Waals surface area contributed by atoms with Crippen LogP contribution in [0.4, 0.5) is 0 Å². The molecule has 3 N–H and O–H groups in total. The minimum absolute atomic E-state index is 0.0155. The molecular formula is C24H33N3O2. The van der Waals surface area contributed by atoms with Crippen molar-refractivity contribution in [2.24, 2.45) is 11.7 Å². The first kappa shape index (κ1) is 21.3. The predicted octanol–water partition coefficient (Wildman–Crippen LogP) is 3.67. The Morgan fingerprint density at radius 3 is 2.41 bits per heavy atom. The molecule has 0 spiro atoms. The summed E-state index contributed by atoms with van der Waals surface area (Å²) in [6.45, 7) is 4.52. The number of rotatable bonds is 8. The van der Waals surface area contributed by atoms with Crippen LogP contribution in [0.5, 0.6) is 5.75 Å². The van der Waals surface area contributed by atoms with Gasteiger partial charge in [0.25, 0.3) is 0 Å². The van der Waals surface area contributed by atoms with Gasteiger partial charge >= 0.3 is 0 Å². The van der Waals surface area contributed by atoms with Gasteiger partial charge in [0.15, 0.2) is 0 Å². The lowest BCUT2D eigenvalue weighted by Gasteiger charge is -2.36. The van der Waals surface area contributed by atoms with Crippen molar-refractivity contribution in [3.63, 3.8) is 0 Å². The molecule has 29 heavy (non-hydrogen) atoms. The molecule has 5 nitrogen and oxygen atoms in total. The van der Waals surface area contributed by atoms with Gasteiger partial charge in [-0.05, 0) is 37.6 Å². The van der Waals surface area contributed by atoms with Crippen molar-refractivity contribution in [2.75, 3.05) is 26.7 Å². The summed E-state index contributed by atoms with van der Waals surface area (Å²) in [5, 5.41) is 3.16. The van der Waals surface area contributed by atoms with Gasteiger partial charge in [0.05, 0.1) is 19.1 Å². The van der Waals surface area contributed by atoms with Crippen LogP contribution in [-0.2, 0) is 4.79 Å². The number of para-hydroxylation sites is 1. The van der Waals surface area contributed by atoms with E-state index in [0.717, 1.165) is 30.0 Å². The van der Waals surface area contributed by atoms with Gasteiger partial charge < -0.3 is 15.8 Å². The molecule has 1 amide bonds. The highest BCUT2D eigenvalue weighted by molar-refractivity contribution is 5.79. The zero-order valence-corrected chi connectivity index (χ0v) is 17.5. The maximum Gasteiger partial charge on any atom is 0.224 e. The SMILES string of the molecule is COc1ccccc1C(CNC(=O)C(C)C(N)c1ccccc1)N1CCCCC1. The number of carbonyl (C=O) groups excluding carboxylic acids is 1. The topological polar surface area (TPSA) is 67.6 Å². The number of benzene rings is 2. The van der Waals surface area contributed by atoms with Crippen LogP contribution in [0.2, 0.25) is 0 Å². The molecule has 3 rings (SSSR count). The van der Waals surface area contributed by atoms with Crippen molar-refractivity contribution < 1.29 is 9.53 Å². The molecule has 156 valence electrons.